The van der Waals surface area contributed by atoms with E-state index in [1.807, 2.05) is 24.3 Å². The Bertz CT molecular complexity index is 739. The van der Waals surface area contributed by atoms with Crippen LogP contribution >= 0.6 is 38.9 Å². The lowest BCUT2D eigenvalue weighted by atomic mass is 10.2. The molecule has 1 aromatic carbocycles. The highest BCUT2D eigenvalue weighted by molar-refractivity contribution is 9.10. The number of fused-ring (bicyclic) bond motifs is 1. The minimum absolute atomic E-state index is 0.341. The van der Waals surface area contributed by atoms with Gasteiger partial charge in [0, 0.05) is 6.54 Å². The normalized spacial score (nSPS) is 10.8. The van der Waals surface area contributed by atoms with E-state index in [2.05, 4.69) is 36.2 Å². The number of halogens is 2. The summed E-state index contributed by atoms with van der Waals surface area (Å²) in [5.41, 5.74) is 1.71. The minimum atomic E-state index is 0.341. The second-order valence-corrected chi connectivity index (χ2v) is 6.24. The van der Waals surface area contributed by atoms with E-state index in [1.54, 1.807) is 7.11 Å². The van der Waals surface area contributed by atoms with Gasteiger partial charge in [-0.1, -0.05) is 35.1 Å². The highest BCUT2D eigenvalue weighted by Gasteiger charge is 2.10. The third kappa shape index (κ3) is 3.25. The molecule has 0 unspecified atom stereocenters. The van der Waals surface area contributed by atoms with Crippen molar-refractivity contribution >= 4 is 54.5 Å². The SMILES string of the molecule is COc1ccc(CNc2nc3nc(Br)c(Cl)nc3s2)cc1. The summed E-state index contributed by atoms with van der Waals surface area (Å²) in [4.78, 5) is 13.6. The van der Waals surface area contributed by atoms with Gasteiger partial charge < -0.3 is 10.1 Å². The van der Waals surface area contributed by atoms with Crippen molar-refractivity contribution in [3.05, 3.63) is 39.6 Å². The Morgan fingerprint density at radius 2 is 2.00 bits per heavy atom. The smallest absolute Gasteiger partial charge is 0.192 e. The third-order valence-corrected chi connectivity index (χ3v) is 4.71. The second-order valence-electron chi connectivity index (χ2n) is 4.15. The first-order valence-corrected chi connectivity index (χ1v) is 8.01. The van der Waals surface area contributed by atoms with Gasteiger partial charge in [0.1, 0.15) is 10.4 Å². The number of thiazole rings is 1. The van der Waals surface area contributed by atoms with Gasteiger partial charge in [0.05, 0.1) is 7.11 Å². The Balaban J connectivity index is 1.75. The van der Waals surface area contributed by atoms with Crippen LogP contribution in [0.1, 0.15) is 5.56 Å². The Morgan fingerprint density at radius 3 is 2.71 bits per heavy atom. The van der Waals surface area contributed by atoms with Gasteiger partial charge in [-0.3, -0.25) is 0 Å². The van der Waals surface area contributed by atoms with E-state index < -0.39 is 0 Å². The van der Waals surface area contributed by atoms with E-state index in [-0.39, 0.29) is 0 Å². The van der Waals surface area contributed by atoms with E-state index >= 15 is 0 Å². The molecule has 8 heteroatoms. The van der Waals surface area contributed by atoms with Crippen LogP contribution in [0.2, 0.25) is 5.15 Å². The molecule has 0 aliphatic carbocycles. The van der Waals surface area contributed by atoms with Crippen LogP contribution in [0.15, 0.2) is 28.9 Å². The summed E-state index contributed by atoms with van der Waals surface area (Å²) in [5.74, 6) is 0.839. The molecule has 0 saturated carbocycles. The summed E-state index contributed by atoms with van der Waals surface area (Å²) in [5, 5.41) is 4.35. The van der Waals surface area contributed by atoms with Crippen molar-refractivity contribution in [3.63, 3.8) is 0 Å². The molecule has 1 N–H and O–H groups in total. The largest absolute Gasteiger partial charge is 0.497 e. The predicted molar refractivity (Wildman–Crippen MR) is 88.2 cm³/mol. The van der Waals surface area contributed by atoms with Crippen molar-refractivity contribution in [1.29, 1.82) is 0 Å². The quantitative estimate of drug-likeness (QED) is 0.732. The Hall–Kier alpha value is -1.44. The molecule has 0 amide bonds. The van der Waals surface area contributed by atoms with Crippen LogP contribution in [-0.4, -0.2) is 22.1 Å². The molecule has 3 rings (SSSR count). The number of rotatable bonds is 4. The van der Waals surface area contributed by atoms with Gasteiger partial charge in [-0.2, -0.15) is 4.98 Å². The molecule has 0 aliphatic heterocycles. The Kier molecular flexibility index (Phi) is 4.23. The highest BCUT2D eigenvalue weighted by atomic mass is 79.9. The Labute approximate surface area is 138 Å². The lowest BCUT2D eigenvalue weighted by Crippen LogP contribution is -1.98. The molecule has 2 aromatic heterocycles. The number of benzene rings is 1. The van der Waals surface area contributed by atoms with E-state index in [9.17, 15) is 0 Å². The molecule has 108 valence electrons. The highest BCUT2D eigenvalue weighted by Crippen LogP contribution is 2.28. The van der Waals surface area contributed by atoms with E-state index in [0.717, 1.165) is 16.4 Å². The standard InChI is InChI=1S/C13H10BrClN4OS/c1-20-8-4-2-7(3-5-8)6-16-13-19-11-12(21-13)18-10(15)9(14)17-11/h2-5H,6H2,1H3,(H,16,17,19). The van der Waals surface area contributed by atoms with Crippen molar-refractivity contribution in [2.45, 2.75) is 6.54 Å². The van der Waals surface area contributed by atoms with Crippen molar-refractivity contribution in [3.8, 4) is 5.75 Å². The molecule has 0 atom stereocenters. The molecular formula is C13H10BrClN4OS. The number of methoxy groups -OCH3 is 1. The van der Waals surface area contributed by atoms with E-state index in [4.69, 9.17) is 16.3 Å². The summed E-state index contributed by atoms with van der Waals surface area (Å²) in [6, 6.07) is 7.86. The number of aromatic nitrogens is 3. The van der Waals surface area contributed by atoms with E-state index in [0.29, 0.717) is 26.8 Å². The van der Waals surface area contributed by atoms with Gasteiger partial charge in [-0.05, 0) is 33.6 Å². The van der Waals surface area contributed by atoms with Crippen molar-refractivity contribution in [2.24, 2.45) is 0 Å². The molecule has 0 bridgehead atoms. The molecule has 0 radical (unpaired) electrons. The average molecular weight is 386 g/mol. The average Bonchev–Trinajstić information content (AvgIpc) is 2.88. The third-order valence-electron chi connectivity index (χ3n) is 2.77. The summed E-state index contributed by atoms with van der Waals surface area (Å²) in [7, 11) is 1.65. The van der Waals surface area contributed by atoms with Gasteiger partial charge in [-0.25, -0.2) is 9.97 Å². The maximum atomic E-state index is 5.92. The first kappa shape index (κ1) is 14.5. The number of anilines is 1. The molecule has 5 nitrogen and oxygen atoms in total. The topological polar surface area (TPSA) is 59.9 Å². The van der Waals surface area contributed by atoms with Crippen LogP contribution in [0.25, 0.3) is 10.5 Å². The van der Waals surface area contributed by atoms with Crippen LogP contribution in [0, 0.1) is 0 Å². The lowest BCUT2D eigenvalue weighted by Gasteiger charge is -2.04. The number of nitrogens with one attached hydrogen (secondary N) is 1. The first-order valence-electron chi connectivity index (χ1n) is 6.02. The number of hydrogen-bond donors (Lipinski definition) is 1. The Morgan fingerprint density at radius 1 is 1.24 bits per heavy atom. The monoisotopic (exact) mass is 384 g/mol. The summed E-state index contributed by atoms with van der Waals surface area (Å²) < 4.78 is 5.63. The fourth-order valence-electron chi connectivity index (χ4n) is 1.72. The van der Waals surface area contributed by atoms with Crippen LogP contribution in [-0.2, 0) is 6.54 Å². The summed E-state index contributed by atoms with van der Waals surface area (Å²) in [6.07, 6.45) is 0. The maximum absolute atomic E-state index is 5.92. The zero-order valence-electron chi connectivity index (χ0n) is 10.9. The fraction of sp³-hybridized carbons (Fsp3) is 0.154. The van der Waals surface area contributed by atoms with Crippen molar-refractivity contribution in [1.82, 2.24) is 15.0 Å². The van der Waals surface area contributed by atoms with Gasteiger partial charge in [0.25, 0.3) is 0 Å². The summed E-state index contributed by atoms with van der Waals surface area (Å²) >= 11 is 10.6. The molecule has 0 aliphatic rings. The molecular weight excluding hydrogens is 376 g/mol. The zero-order chi connectivity index (χ0) is 14.8. The second kappa shape index (κ2) is 6.13. The van der Waals surface area contributed by atoms with Gasteiger partial charge in [-0.15, -0.1) is 0 Å². The minimum Gasteiger partial charge on any atom is -0.497 e. The molecule has 0 spiro atoms. The van der Waals surface area contributed by atoms with Gasteiger partial charge in [0.2, 0.25) is 0 Å². The molecule has 0 fully saturated rings. The van der Waals surface area contributed by atoms with Gasteiger partial charge in [0.15, 0.2) is 20.8 Å². The molecule has 3 aromatic rings. The summed E-state index contributed by atoms with van der Waals surface area (Å²) in [6.45, 7) is 0.665. The molecule has 21 heavy (non-hydrogen) atoms. The number of ether oxygens (including phenoxy) is 1. The number of hydrogen-bond acceptors (Lipinski definition) is 6. The van der Waals surface area contributed by atoms with Crippen molar-refractivity contribution in [2.75, 3.05) is 12.4 Å². The molecule has 0 saturated heterocycles. The predicted octanol–water partition coefficient (Wildman–Crippen LogP) is 4.12. The zero-order valence-corrected chi connectivity index (χ0v) is 14.1. The van der Waals surface area contributed by atoms with Crippen LogP contribution in [0.4, 0.5) is 5.13 Å². The number of nitrogens with zero attached hydrogens (tertiary/aromatic N) is 3. The van der Waals surface area contributed by atoms with Crippen LogP contribution in [0.5, 0.6) is 5.75 Å². The first-order chi connectivity index (χ1) is 10.2. The van der Waals surface area contributed by atoms with Crippen molar-refractivity contribution < 1.29 is 4.74 Å². The van der Waals surface area contributed by atoms with E-state index in [1.165, 1.54) is 11.3 Å². The lowest BCUT2D eigenvalue weighted by molar-refractivity contribution is 0.414. The fourth-order valence-corrected chi connectivity index (χ4v) is 2.93. The van der Waals surface area contributed by atoms with Crippen LogP contribution in [0.3, 0.4) is 0 Å². The van der Waals surface area contributed by atoms with Crippen LogP contribution < -0.4 is 10.1 Å². The molecule has 2 heterocycles. The maximum Gasteiger partial charge on any atom is 0.192 e. The van der Waals surface area contributed by atoms with Gasteiger partial charge >= 0.3 is 0 Å².